The van der Waals surface area contributed by atoms with Crippen LogP contribution in [0.15, 0.2) is 42.9 Å². The van der Waals surface area contributed by atoms with E-state index in [1.807, 2.05) is 34.9 Å². The summed E-state index contributed by atoms with van der Waals surface area (Å²) in [6.45, 7) is 2.10. The molecule has 6 heteroatoms. The van der Waals surface area contributed by atoms with Gasteiger partial charge < -0.3 is 5.32 Å². The molecule has 0 atom stereocenters. The number of ketones is 2. The Hall–Kier alpha value is -3.02. The minimum atomic E-state index is 0.134. The number of benzene rings is 1. The third-order valence-electron chi connectivity index (χ3n) is 4.87. The number of Topliss-reactive ketones (excluding diaryl/α,β-unsaturated/α-hetero) is 2. The molecule has 4 rings (SSSR count). The summed E-state index contributed by atoms with van der Waals surface area (Å²) in [4.78, 5) is 32.2. The predicted octanol–water partition coefficient (Wildman–Crippen LogP) is 3.77. The topological polar surface area (TPSA) is 76.4 Å². The van der Waals surface area contributed by atoms with E-state index in [1.165, 1.54) is 12.8 Å². The second-order valence-corrected chi connectivity index (χ2v) is 7.14. The largest absolute Gasteiger partial charge is 0.367 e. The summed E-state index contributed by atoms with van der Waals surface area (Å²) in [6.07, 6.45) is 8.85. The molecule has 1 aliphatic carbocycles. The maximum Gasteiger partial charge on any atom is 0.180 e. The molecular weight excluding hydrogens is 340 g/mol. The van der Waals surface area contributed by atoms with Gasteiger partial charge in [0, 0.05) is 42.9 Å². The van der Waals surface area contributed by atoms with Gasteiger partial charge in [0.05, 0.1) is 11.9 Å². The number of rotatable bonds is 8. The summed E-state index contributed by atoms with van der Waals surface area (Å²) in [7, 11) is 0. The maximum atomic E-state index is 12.2. The van der Waals surface area contributed by atoms with Gasteiger partial charge in [-0.2, -0.15) is 0 Å². The minimum absolute atomic E-state index is 0.134. The molecule has 0 aliphatic heterocycles. The van der Waals surface area contributed by atoms with Crippen molar-refractivity contribution in [1.82, 2.24) is 14.4 Å². The first-order chi connectivity index (χ1) is 13.1. The third-order valence-corrected chi connectivity index (χ3v) is 4.87. The minimum Gasteiger partial charge on any atom is -0.367 e. The van der Waals surface area contributed by atoms with Gasteiger partial charge in [0.15, 0.2) is 17.2 Å². The zero-order valence-electron chi connectivity index (χ0n) is 15.3. The van der Waals surface area contributed by atoms with Gasteiger partial charge in [-0.1, -0.05) is 24.3 Å². The van der Waals surface area contributed by atoms with Gasteiger partial charge in [-0.15, -0.1) is 0 Å². The van der Waals surface area contributed by atoms with Crippen molar-refractivity contribution < 1.29 is 9.59 Å². The molecule has 2 heterocycles. The quantitative estimate of drug-likeness (QED) is 0.617. The summed E-state index contributed by atoms with van der Waals surface area (Å²) in [5.74, 6) is 1.61. The molecule has 1 fully saturated rings. The van der Waals surface area contributed by atoms with Gasteiger partial charge in [-0.05, 0) is 25.7 Å². The SMILES string of the molecule is CC(=O)CCNc1nccn2c(-c3ccc(C(=O)CC4CC4)cc3)cnc12. The first kappa shape index (κ1) is 17.4. The molecule has 2 aromatic heterocycles. The van der Waals surface area contributed by atoms with Crippen molar-refractivity contribution in [1.29, 1.82) is 0 Å². The lowest BCUT2D eigenvalue weighted by molar-refractivity contribution is -0.116. The highest BCUT2D eigenvalue weighted by Gasteiger charge is 2.24. The number of nitrogens with zero attached hydrogens (tertiary/aromatic N) is 3. The Bertz CT molecular complexity index is 987. The van der Waals surface area contributed by atoms with Crippen molar-refractivity contribution in [2.75, 3.05) is 11.9 Å². The smallest absolute Gasteiger partial charge is 0.180 e. The monoisotopic (exact) mass is 362 g/mol. The lowest BCUT2D eigenvalue weighted by Crippen LogP contribution is -2.08. The molecule has 27 heavy (non-hydrogen) atoms. The summed E-state index contributed by atoms with van der Waals surface area (Å²) in [5.41, 5.74) is 3.41. The molecule has 0 amide bonds. The zero-order valence-corrected chi connectivity index (χ0v) is 15.3. The number of aromatic nitrogens is 3. The molecule has 0 saturated heterocycles. The number of fused-ring (bicyclic) bond motifs is 1. The molecule has 0 bridgehead atoms. The Balaban J connectivity index is 1.56. The van der Waals surface area contributed by atoms with E-state index in [2.05, 4.69) is 15.3 Å². The maximum absolute atomic E-state index is 12.2. The summed E-state index contributed by atoms with van der Waals surface area (Å²) >= 11 is 0. The first-order valence-corrected chi connectivity index (χ1v) is 9.31. The molecular formula is C21H22N4O2. The number of nitrogens with one attached hydrogen (secondary N) is 1. The predicted molar refractivity (Wildman–Crippen MR) is 104 cm³/mol. The van der Waals surface area contributed by atoms with Crippen LogP contribution >= 0.6 is 0 Å². The Morgan fingerprint density at radius 2 is 1.96 bits per heavy atom. The van der Waals surface area contributed by atoms with Crippen LogP contribution in [0.5, 0.6) is 0 Å². The van der Waals surface area contributed by atoms with Gasteiger partial charge in [0.2, 0.25) is 0 Å². The van der Waals surface area contributed by atoms with Gasteiger partial charge in [0.25, 0.3) is 0 Å². The summed E-state index contributed by atoms with van der Waals surface area (Å²) < 4.78 is 1.96. The molecule has 6 nitrogen and oxygen atoms in total. The fraction of sp³-hybridized carbons (Fsp3) is 0.333. The van der Waals surface area contributed by atoms with E-state index in [9.17, 15) is 9.59 Å². The zero-order chi connectivity index (χ0) is 18.8. The molecule has 138 valence electrons. The molecule has 1 N–H and O–H groups in total. The number of anilines is 1. The van der Waals surface area contributed by atoms with E-state index < -0.39 is 0 Å². The van der Waals surface area contributed by atoms with E-state index in [-0.39, 0.29) is 11.6 Å². The standard InChI is InChI=1S/C21H22N4O2/c1-14(26)8-9-22-20-21-24-13-18(25(21)11-10-23-20)16-4-6-17(7-5-16)19(27)12-15-2-3-15/h4-7,10-11,13,15H,2-3,8-9,12H2,1H3,(H,22,23). The average Bonchev–Trinajstić information content (AvgIpc) is 3.37. The van der Waals surface area contributed by atoms with Crippen LogP contribution in [0.1, 0.15) is 43.0 Å². The van der Waals surface area contributed by atoms with Crippen molar-refractivity contribution in [2.45, 2.75) is 32.6 Å². The Kier molecular flexibility index (Phi) is 4.71. The van der Waals surface area contributed by atoms with E-state index in [4.69, 9.17) is 0 Å². The Morgan fingerprint density at radius 3 is 2.67 bits per heavy atom. The average molecular weight is 362 g/mol. The fourth-order valence-electron chi connectivity index (χ4n) is 3.14. The van der Waals surface area contributed by atoms with Gasteiger partial charge in [-0.25, -0.2) is 9.97 Å². The number of hydrogen-bond donors (Lipinski definition) is 1. The van der Waals surface area contributed by atoms with Gasteiger partial charge >= 0.3 is 0 Å². The Labute approximate surface area is 157 Å². The normalized spacial score (nSPS) is 13.7. The van der Waals surface area contributed by atoms with E-state index >= 15 is 0 Å². The molecule has 0 spiro atoms. The molecule has 0 radical (unpaired) electrons. The highest BCUT2D eigenvalue weighted by atomic mass is 16.1. The van der Waals surface area contributed by atoms with Crippen molar-refractivity contribution in [2.24, 2.45) is 5.92 Å². The van der Waals surface area contributed by atoms with Crippen LogP contribution in [0.3, 0.4) is 0 Å². The van der Waals surface area contributed by atoms with E-state index in [0.29, 0.717) is 36.8 Å². The highest BCUT2D eigenvalue weighted by Crippen LogP contribution is 2.33. The number of carbonyl (C=O) groups excluding carboxylic acids is 2. The first-order valence-electron chi connectivity index (χ1n) is 9.31. The summed E-state index contributed by atoms with van der Waals surface area (Å²) in [6, 6.07) is 7.72. The van der Waals surface area contributed by atoms with Crippen LogP contribution in [0.25, 0.3) is 16.9 Å². The lowest BCUT2D eigenvalue weighted by atomic mass is 10.0. The van der Waals surface area contributed by atoms with Crippen LogP contribution in [0.2, 0.25) is 0 Å². The van der Waals surface area contributed by atoms with Crippen molar-refractivity contribution in [3.8, 4) is 11.3 Å². The van der Waals surface area contributed by atoms with Crippen molar-refractivity contribution in [3.05, 3.63) is 48.4 Å². The summed E-state index contributed by atoms with van der Waals surface area (Å²) in [5, 5.41) is 3.17. The molecule has 3 aromatic rings. The molecule has 1 aliphatic rings. The fourth-order valence-corrected chi connectivity index (χ4v) is 3.14. The molecule has 1 saturated carbocycles. The lowest BCUT2D eigenvalue weighted by Gasteiger charge is -2.07. The highest BCUT2D eigenvalue weighted by molar-refractivity contribution is 5.96. The number of hydrogen-bond acceptors (Lipinski definition) is 5. The van der Waals surface area contributed by atoms with Crippen molar-refractivity contribution >= 4 is 23.0 Å². The third kappa shape index (κ3) is 3.89. The number of carbonyl (C=O) groups is 2. The molecule has 0 unspecified atom stereocenters. The second kappa shape index (κ2) is 7.31. The van der Waals surface area contributed by atoms with E-state index in [1.54, 1.807) is 19.3 Å². The van der Waals surface area contributed by atoms with Crippen LogP contribution in [0.4, 0.5) is 5.82 Å². The molecule has 1 aromatic carbocycles. The van der Waals surface area contributed by atoms with E-state index in [0.717, 1.165) is 16.8 Å². The van der Waals surface area contributed by atoms with Crippen LogP contribution in [0, 0.1) is 5.92 Å². The van der Waals surface area contributed by atoms with Crippen LogP contribution < -0.4 is 5.32 Å². The van der Waals surface area contributed by atoms with Crippen molar-refractivity contribution in [3.63, 3.8) is 0 Å². The van der Waals surface area contributed by atoms with Gasteiger partial charge in [-0.3, -0.25) is 14.0 Å². The van der Waals surface area contributed by atoms with Crippen LogP contribution in [-0.2, 0) is 4.79 Å². The number of imidazole rings is 1. The van der Waals surface area contributed by atoms with Crippen LogP contribution in [-0.4, -0.2) is 32.5 Å². The Morgan fingerprint density at radius 1 is 1.19 bits per heavy atom. The van der Waals surface area contributed by atoms with Gasteiger partial charge in [0.1, 0.15) is 5.78 Å². The second-order valence-electron chi connectivity index (χ2n) is 7.14.